The van der Waals surface area contributed by atoms with Crippen molar-refractivity contribution in [1.82, 2.24) is 4.98 Å². The predicted molar refractivity (Wildman–Crippen MR) is 85.5 cm³/mol. The summed E-state index contributed by atoms with van der Waals surface area (Å²) in [6.45, 7) is 1.54. The molecule has 22 heavy (non-hydrogen) atoms. The number of nitrogens with zero attached hydrogens (tertiary/aromatic N) is 2. The van der Waals surface area contributed by atoms with Gasteiger partial charge >= 0.3 is 5.97 Å². The van der Waals surface area contributed by atoms with E-state index in [1.54, 1.807) is 24.3 Å². The van der Waals surface area contributed by atoms with Crippen molar-refractivity contribution in [2.75, 3.05) is 0 Å². The third-order valence-corrected chi connectivity index (χ3v) is 4.07. The Morgan fingerprint density at radius 3 is 2.86 bits per heavy atom. The molecule has 0 aliphatic carbocycles. The van der Waals surface area contributed by atoms with E-state index in [4.69, 9.17) is 10.00 Å². The van der Waals surface area contributed by atoms with Gasteiger partial charge in [-0.15, -0.1) is 11.3 Å². The maximum Gasteiger partial charge on any atom is 0.340 e. The van der Waals surface area contributed by atoms with Gasteiger partial charge in [0.05, 0.1) is 21.7 Å². The van der Waals surface area contributed by atoms with Crippen LogP contribution in [0.3, 0.4) is 0 Å². The lowest BCUT2D eigenvalue weighted by Crippen LogP contribution is -2.13. The van der Waals surface area contributed by atoms with Crippen LogP contribution in [-0.4, -0.2) is 17.1 Å². The zero-order valence-electron chi connectivity index (χ0n) is 11.8. The summed E-state index contributed by atoms with van der Waals surface area (Å²) in [7, 11) is 0. The van der Waals surface area contributed by atoms with Crippen LogP contribution in [0.15, 0.2) is 47.8 Å². The predicted octanol–water partition coefficient (Wildman–Crippen LogP) is 4.03. The van der Waals surface area contributed by atoms with Crippen molar-refractivity contribution in [3.63, 3.8) is 0 Å². The van der Waals surface area contributed by atoms with E-state index in [2.05, 4.69) is 4.98 Å². The van der Waals surface area contributed by atoms with Gasteiger partial charge in [-0.05, 0) is 30.5 Å². The van der Waals surface area contributed by atoms with Gasteiger partial charge < -0.3 is 4.74 Å². The topological polar surface area (TPSA) is 63.0 Å². The number of esters is 1. The maximum atomic E-state index is 12.4. The van der Waals surface area contributed by atoms with Gasteiger partial charge in [0.1, 0.15) is 6.07 Å². The Morgan fingerprint density at radius 2 is 2.14 bits per heavy atom. The number of aromatic nitrogens is 1. The molecule has 0 fully saturated rings. The van der Waals surface area contributed by atoms with E-state index in [1.165, 1.54) is 0 Å². The molecule has 0 radical (unpaired) electrons. The van der Waals surface area contributed by atoms with E-state index < -0.39 is 12.1 Å². The Labute approximate surface area is 131 Å². The first-order valence-corrected chi connectivity index (χ1v) is 7.61. The van der Waals surface area contributed by atoms with Gasteiger partial charge in [0, 0.05) is 5.39 Å². The van der Waals surface area contributed by atoms with Gasteiger partial charge in [-0.25, -0.2) is 9.78 Å². The molecule has 1 unspecified atom stereocenters. The molecule has 4 nitrogen and oxygen atoms in total. The van der Waals surface area contributed by atoms with Gasteiger partial charge in [0.2, 0.25) is 0 Å². The number of pyridine rings is 1. The second kappa shape index (κ2) is 5.96. The van der Waals surface area contributed by atoms with Crippen molar-refractivity contribution in [3.8, 4) is 16.6 Å². The largest absolute Gasteiger partial charge is 0.444 e. The van der Waals surface area contributed by atoms with E-state index in [9.17, 15) is 4.79 Å². The minimum atomic E-state index is -0.787. The first-order valence-electron chi connectivity index (χ1n) is 6.73. The highest BCUT2D eigenvalue weighted by atomic mass is 32.1. The standard InChI is InChI=1S/C17H12N2O2S/c1-11(10-18)21-17(20)13-9-15(16-7-4-8-22-16)19-14-6-3-2-5-12(13)14/h2-9,11H,1H3. The molecule has 0 bridgehead atoms. The minimum absolute atomic E-state index is 0.427. The van der Waals surface area contributed by atoms with Gasteiger partial charge in [0.25, 0.3) is 0 Å². The van der Waals surface area contributed by atoms with E-state index in [-0.39, 0.29) is 0 Å². The molecule has 0 amide bonds. The van der Waals surface area contributed by atoms with Crippen molar-refractivity contribution in [1.29, 1.82) is 5.26 Å². The number of hydrogen-bond acceptors (Lipinski definition) is 5. The fraction of sp³-hybridized carbons (Fsp3) is 0.118. The average molecular weight is 308 g/mol. The number of benzene rings is 1. The molecule has 0 N–H and O–H groups in total. The first kappa shape index (κ1) is 14.2. The number of fused-ring (bicyclic) bond motifs is 1. The molecular formula is C17H12N2O2S. The van der Waals surface area contributed by atoms with Crippen LogP contribution in [0.2, 0.25) is 0 Å². The molecule has 3 rings (SSSR count). The number of hydrogen-bond donors (Lipinski definition) is 0. The van der Waals surface area contributed by atoms with Gasteiger partial charge in [-0.2, -0.15) is 5.26 Å². The summed E-state index contributed by atoms with van der Waals surface area (Å²) in [6, 6.07) is 14.9. The van der Waals surface area contributed by atoms with Crippen LogP contribution < -0.4 is 0 Å². The quantitative estimate of drug-likeness (QED) is 0.685. The number of thiophene rings is 1. The zero-order chi connectivity index (χ0) is 15.5. The van der Waals surface area contributed by atoms with Gasteiger partial charge in [-0.1, -0.05) is 24.3 Å². The lowest BCUT2D eigenvalue weighted by atomic mass is 10.1. The Hall–Kier alpha value is -2.71. The summed E-state index contributed by atoms with van der Waals surface area (Å²) in [4.78, 5) is 17.9. The smallest absolute Gasteiger partial charge is 0.340 e. The monoisotopic (exact) mass is 308 g/mol. The second-order valence-corrected chi connectivity index (χ2v) is 5.67. The fourth-order valence-corrected chi connectivity index (χ4v) is 2.83. The van der Waals surface area contributed by atoms with E-state index >= 15 is 0 Å². The van der Waals surface area contributed by atoms with Crippen LogP contribution in [0.1, 0.15) is 17.3 Å². The molecule has 0 spiro atoms. The highest BCUT2D eigenvalue weighted by Gasteiger charge is 2.17. The Morgan fingerprint density at radius 1 is 1.32 bits per heavy atom. The number of carbonyl (C=O) groups excluding carboxylic acids is 1. The summed E-state index contributed by atoms with van der Waals surface area (Å²) in [5, 5.41) is 11.5. The van der Waals surface area contributed by atoms with Crippen molar-refractivity contribution in [2.45, 2.75) is 13.0 Å². The molecule has 0 aliphatic rings. The highest BCUT2D eigenvalue weighted by molar-refractivity contribution is 7.13. The van der Waals surface area contributed by atoms with Gasteiger partial charge in [0.15, 0.2) is 6.10 Å². The lowest BCUT2D eigenvalue weighted by molar-refractivity contribution is 0.0438. The van der Waals surface area contributed by atoms with Crippen molar-refractivity contribution >= 4 is 28.2 Å². The van der Waals surface area contributed by atoms with E-state index in [0.717, 1.165) is 21.5 Å². The summed E-state index contributed by atoms with van der Waals surface area (Å²) in [6.07, 6.45) is -0.787. The van der Waals surface area contributed by atoms with Gasteiger partial charge in [-0.3, -0.25) is 0 Å². The van der Waals surface area contributed by atoms with Crippen molar-refractivity contribution in [2.24, 2.45) is 0 Å². The molecule has 108 valence electrons. The second-order valence-electron chi connectivity index (χ2n) is 4.73. The number of para-hydroxylation sites is 1. The SMILES string of the molecule is CC(C#N)OC(=O)c1cc(-c2cccs2)nc2ccccc12. The van der Waals surface area contributed by atoms with Crippen LogP contribution in [-0.2, 0) is 4.74 Å². The molecule has 3 aromatic rings. The molecule has 1 atom stereocenters. The summed E-state index contributed by atoms with van der Waals surface area (Å²) in [5.41, 5.74) is 1.88. The van der Waals surface area contributed by atoms with Crippen molar-refractivity contribution in [3.05, 3.63) is 53.4 Å². The molecule has 0 saturated heterocycles. The average Bonchev–Trinajstić information content (AvgIpc) is 3.08. The number of rotatable bonds is 3. The zero-order valence-corrected chi connectivity index (χ0v) is 12.6. The molecule has 0 aliphatic heterocycles. The molecule has 5 heteroatoms. The Balaban J connectivity index is 2.15. The third-order valence-electron chi connectivity index (χ3n) is 3.18. The van der Waals surface area contributed by atoms with Crippen molar-refractivity contribution < 1.29 is 9.53 Å². The molecular weight excluding hydrogens is 296 g/mol. The highest BCUT2D eigenvalue weighted by Crippen LogP contribution is 2.28. The summed E-state index contributed by atoms with van der Waals surface area (Å²) in [5.74, 6) is -0.509. The normalized spacial score (nSPS) is 11.8. The third kappa shape index (κ3) is 2.69. The molecule has 2 heterocycles. The Bertz CT molecular complexity index is 866. The number of ether oxygens (including phenoxy) is 1. The van der Waals surface area contributed by atoms with Crippen LogP contribution in [0.25, 0.3) is 21.5 Å². The first-order chi connectivity index (χ1) is 10.7. The molecule has 1 aromatic carbocycles. The van der Waals surface area contributed by atoms with Crippen LogP contribution in [0.5, 0.6) is 0 Å². The van der Waals surface area contributed by atoms with E-state index in [1.807, 2.05) is 47.8 Å². The maximum absolute atomic E-state index is 12.4. The lowest BCUT2D eigenvalue weighted by Gasteiger charge is -2.10. The summed E-state index contributed by atoms with van der Waals surface area (Å²) >= 11 is 1.56. The fourth-order valence-electron chi connectivity index (χ4n) is 2.15. The minimum Gasteiger partial charge on any atom is -0.444 e. The van der Waals surface area contributed by atoms with Crippen LogP contribution in [0, 0.1) is 11.3 Å². The van der Waals surface area contributed by atoms with Crippen LogP contribution >= 0.6 is 11.3 Å². The number of nitriles is 1. The molecule has 0 saturated carbocycles. The molecule has 2 aromatic heterocycles. The Kier molecular flexibility index (Phi) is 3.86. The van der Waals surface area contributed by atoms with Crippen LogP contribution in [0.4, 0.5) is 0 Å². The number of carbonyl (C=O) groups is 1. The van der Waals surface area contributed by atoms with E-state index in [0.29, 0.717) is 5.56 Å². The summed E-state index contributed by atoms with van der Waals surface area (Å²) < 4.78 is 5.14.